The molecule has 22 heavy (non-hydrogen) atoms. The Hall–Kier alpha value is -1.20. The Morgan fingerprint density at radius 1 is 1.05 bits per heavy atom. The number of aliphatic hydroxyl groups excluding tert-OH is 1. The predicted octanol–water partition coefficient (Wildman–Crippen LogP) is 1.80. The molecule has 1 aromatic rings. The minimum Gasteiger partial charge on any atom is -0.396 e. The van der Waals surface area contributed by atoms with Crippen molar-refractivity contribution in [3.63, 3.8) is 0 Å². The smallest absolute Gasteiger partial charge is 0.225 e. The molecule has 0 unspecified atom stereocenters. The van der Waals surface area contributed by atoms with E-state index in [1.165, 1.54) is 5.56 Å². The Kier molecular flexibility index (Phi) is 6.15. The quantitative estimate of drug-likeness (QED) is 0.868. The highest BCUT2D eigenvalue weighted by molar-refractivity contribution is 5.37. The van der Waals surface area contributed by atoms with E-state index in [1.54, 1.807) is 0 Å². The van der Waals surface area contributed by atoms with Gasteiger partial charge < -0.3 is 10.0 Å². The molecule has 0 bridgehead atoms. The summed E-state index contributed by atoms with van der Waals surface area (Å²) in [5.74, 6) is 1.51. The fourth-order valence-corrected chi connectivity index (χ4v) is 3.03. The zero-order valence-corrected chi connectivity index (χ0v) is 14.5. The highest BCUT2D eigenvalue weighted by Crippen LogP contribution is 2.19. The molecule has 0 amide bonds. The summed E-state index contributed by atoms with van der Waals surface area (Å²) >= 11 is 0. The van der Waals surface area contributed by atoms with Crippen LogP contribution in [-0.4, -0.2) is 59.3 Å². The molecule has 0 aromatic carbocycles. The molecule has 124 valence electrons. The number of rotatable bonds is 6. The predicted molar refractivity (Wildman–Crippen MR) is 90.4 cm³/mol. The highest BCUT2D eigenvalue weighted by Gasteiger charge is 2.20. The molecule has 5 nitrogen and oxygen atoms in total. The molecule has 1 saturated heterocycles. The normalized spacial score (nSPS) is 16.5. The van der Waals surface area contributed by atoms with E-state index in [0.717, 1.165) is 62.9 Å². The van der Waals surface area contributed by atoms with Crippen molar-refractivity contribution in [2.75, 3.05) is 44.2 Å². The third kappa shape index (κ3) is 4.40. The second-order valence-electron chi connectivity index (χ2n) is 6.68. The van der Waals surface area contributed by atoms with E-state index in [9.17, 15) is 0 Å². The van der Waals surface area contributed by atoms with Crippen LogP contribution in [0, 0.1) is 19.8 Å². The second kappa shape index (κ2) is 7.88. The van der Waals surface area contributed by atoms with Crippen LogP contribution in [0.4, 0.5) is 5.95 Å². The van der Waals surface area contributed by atoms with Crippen molar-refractivity contribution in [1.29, 1.82) is 0 Å². The molecule has 0 atom stereocenters. The summed E-state index contributed by atoms with van der Waals surface area (Å²) in [6, 6.07) is 0. The topological polar surface area (TPSA) is 52.5 Å². The molecule has 0 aliphatic carbocycles. The molecule has 1 fully saturated rings. The molecule has 0 saturated carbocycles. The van der Waals surface area contributed by atoms with E-state index in [4.69, 9.17) is 15.1 Å². The van der Waals surface area contributed by atoms with Crippen LogP contribution in [0.15, 0.2) is 0 Å². The summed E-state index contributed by atoms with van der Waals surface area (Å²) in [4.78, 5) is 14.2. The van der Waals surface area contributed by atoms with Gasteiger partial charge in [-0.25, -0.2) is 9.97 Å². The number of hydrogen-bond donors (Lipinski definition) is 1. The van der Waals surface area contributed by atoms with Crippen LogP contribution in [0.2, 0.25) is 0 Å². The van der Waals surface area contributed by atoms with Gasteiger partial charge in [-0.3, -0.25) is 4.90 Å². The number of aliphatic hydroxyl groups is 1. The molecule has 5 heteroatoms. The number of aryl methyl sites for hydroxylation is 2. The van der Waals surface area contributed by atoms with E-state index >= 15 is 0 Å². The van der Waals surface area contributed by atoms with Gasteiger partial charge in [0.15, 0.2) is 0 Å². The summed E-state index contributed by atoms with van der Waals surface area (Å²) in [6.07, 6.45) is 1.91. The minimum atomic E-state index is 0.277. The Balaban J connectivity index is 2.02. The van der Waals surface area contributed by atoms with Crippen molar-refractivity contribution in [3.05, 3.63) is 17.0 Å². The average Bonchev–Trinajstić information content (AvgIpc) is 2.49. The lowest BCUT2D eigenvalue weighted by Gasteiger charge is -2.35. The Labute approximate surface area is 134 Å². The summed E-state index contributed by atoms with van der Waals surface area (Å²) < 4.78 is 0. The zero-order chi connectivity index (χ0) is 16.1. The van der Waals surface area contributed by atoms with E-state index in [1.807, 2.05) is 0 Å². The van der Waals surface area contributed by atoms with E-state index in [0.29, 0.717) is 5.92 Å². The van der Waals surface area contributed by atoms with Crippen molar-refractivity contribution in [3.8, 4) is 0 Å². The first-order chi connectivity index (χ1) is 10.5. The van der Waals surface area contributed by atoms with Crippen LogP contribution >= 0.6 is 0 Å². The van der Waals surface area contributed by atoms with Gasteiger partial charge in [0.2, 0.25) is 5.95 Å². The summed E-state index contributed by atoms with van der Waals surface area (Å²) in [7, 11) is 0. The number of anilines is 1. The fraction of sp³-hybridized carbons (Fsp3) is 0.765. The number of piperazine rings is 1. The molecule has 2 rings (SSSR count). The molecule has 0 spiro atoms. The van der Waals surface area contributed by atoms with Gasteiger partial charge in [-0.05, 0) is 38.2 Å². The molecule has 1 aromatic heterocycles. The standard InChI is InChI=1S/C17H30N4O/c1-13(2)12-16-14(3)18-17(19-15(16)4)21-9-7-20(8-10-21)6-5-11-22/h13,22H,5-12H2,1-4H3. The van der Waals surface area contributed by atoms with Crippen LogP contribution < -0.4 is 4.90 Å². The maximum atomic E-state index is 8.92. The number of aromatic nitrogens is 2. The van der Waals surface area contributed by atoms with E-state index in [2.05, 4.69) is 37.5 Å². The number of hydrogen-bond acceptors (Lipinski definition) is 5. The third-order valence-corrected chi connectivity index (χ3v) is 4.31. The van der Waals surface area contributed by atoms with Crippen molar-refractivity contribution >= 4 is 5.95 Å². The van der Waals surface area contributed by atoms with Crippen LogP contribution in [0.3, 0.4) is 0 Å². The van der Waals surface area contributed by atoms with Gasteiger partial charge in [-0.15, -0.1) is 0 Å². The van der Waals surface area contributed by atoms with E-state index in [-0.39, 0.29) is 6.61 Å². The molecule has 0 radical (unpaired) electrons. The largest absolute Gasteiger partial charge is 0.396 e. The van der Waals surface area contributed by atoms with Crippen LogP contribution in [0.5, 0.6) is 0 Å². The monoisotopic (exact) mass is 306 g/mol. The van der Waals surface area contributed by atoms with Gasteiger partial charge in [0, 0.05) is 50.7 Å². The summed E-state index contributed by atoms with van der Waals surface area (Å²) in [5.41, 5.74) is 3.55. The minimum absolute atomic E-state index is 0.277. The lowest BCUT2D eigenvalue weighted by atomic mass is 10.0. The third-order valence-electron chi connectivity index (χ3n) is 4.31. The highest BCUT2D eigenvalue weighted by atomic mass is 16.3. The first-order valence-electron chi connectivity index (χ1n) is 8.43. The van der Waals surface area contributed by atoms with Crippen LogP contribution in [0.1, 0.15) is 37.2 Å². The zero-order valence-electron chi connectivity index (χ0n) is 14.5. The average molecular weight is 306 g/mol. The van der Waals surface area contributed by atoms with Crippen molar-refractivity contribution in [1.82, 2.24) is 14.9 Å². The lowest BCUT2D eigenvalue weighted by Crippen LogP contribution is -2.47. The van der Waals surface area contributed by atoms with Gasteiger partial charge in [-0.2, -0.15) is 0 Å². The Morgan fingerprint density at radius 2 is 1.64 bits per heavy atom. The van der Waals surface area contributed by atoms with Crippen LogP contribution in [-0.2, 0) is 6.42 Å². The molecule has 2 heterocycles. The molecule has 1 aliphatic heterocycles. The molecule has 1 N–H and O–H groups in total. The molecular formula is C17H30N4O. The number of nitrogens with zero attached hydrogens (tertiary/aromatic N) is 4. The maximum Gasteiger partial charge on any atom is 0.225 e. The molecular weight excluding hydrogens is 276 g/mol. The van der Waals surface area contributed by atoms with E-state index < -0.39 is 0 Å². The SMILES string of the molecule is Cc1nc(N2CCN(CCCO)CC2)nc(C)c1CC(C)C. The van der Waals surface area contributed by atoms with Gasteiger partial charge in [-0.1, -0.05) is 13.8 Å². The Morgan fingerprint density at radius 3 is 2.14 bits per heavy atom. The van der Waals surface area contributed by atoms with Crippen molar-refractivity contribution in [2.45, 2.75) is 40.5 Å². The summed E-state index contributed by atoms with van der Waals surface area (Å²) in [5, 5.41) is 8.92. The van der Waals surface area contributed by atoms with Crippen LogP contribution in [0.25, 0.3) is 0 Å². The lowest BCUT2D eigenvalue weighted by molar-refractivity contribution is 0.215. The fourth-order valence-electron chi connectivity index (χ4n) is 3.03. The van der Waals surface area contributed by atoms with Gasteiger partial charge >= 0.3 is 0 Å². The van der Waals surface area contributed by atoms with Crippen molar-refractivity contribution in [2.24, 2.45) is 5.92 Å². The maximum absolute atomic E-state index is 8.92. The molecule has 1 aliphatic rings. The second-order valence-corrected chi connectivity index (χ2v) is 6.68. The first kappa shape index (κ1) is 17.2. The summed E-state index contributed by atoms with van der Waals surface area (Å²) in [6.45, 7) is 13.9. The first-order valence-corrected chi connectivity index (χ1v) is 8.43. The van der Waals surface area contributed by atoms with Crippen molar-refractivity contribution < 1.29 is 5.11 Å². The van der Waals surface area contributed by atoms with Gasteiger partial charge in [0.05, 0.1) is 0 Å². The van der Waals surface area contributed by atoms with Gasteiger partial charge in [0.25, 0.3) is 0 Å². The van der Waals surface area contributed by atoms with Gasteiger partial charge in [0.1, 0.15) is 0 Å². The Bertz CT molecular complexity index is 459.